The van der Waals surface area contributed by atoms with Crippen molar-refractivity contribution >= 4 is 10.0 Å². The minimum Gasteiger partial charge on any atom is -0.330 e. The molecule has 1 fully saturated rings. The molecule has 5 heteroatoms. The Morgan fingerprint density at radius 2 is 2.23 bits per heavy atom. The van der Waals surface area contributed by atoms with Gasteiger partial charge in [0.05, 0.1) is 6.26 Å². The van der Waals surface area contributed by atoms with Gasteiger partial charge in [0.25, 0.3) is 0 Å². The van der Waals surface area contributed by atoms with Gasteiger partial charge in [-0.15, -0.1) is 0 Å². The van der Waals surface area contributed by atoms with E-state index >= 15 is 0 Å². The number of hydrogen-bond acceptors (Lipinski definition) is 3. The molecule has 78 valence electrons. The summed E-state index contributed by atoms with van der Waals surface area (Å²) in [6.07, 6.45) is 3.18. The van der Waals surface area contributed by atoms with Crippen molar-refractivity contribution in [3.05, 3.63) is 0 Å². The fourth-order valence-corrected chi connectivity index (χ4v) is 3.07. The molecule has 0 aliphatic carbocycles. The summed E-state index contributed by atoms with van der Waals surface area (Å²) in [4.78, 5) is 0. The standard InChI is InChI=1S/C8H18N2O2S/c1-3-7(6-9)8-4-5-10(8)13(2,11)12/h7-8H,3-6,9H2,1-2H3. The maximum atomic E-state index is 11.2. The highest BCUT2D eigenvalue weighted by atomic mass is 32.2. The molecule has 0 amide bonds. The first-order valence-electron chi connectivity index (χ1n) is 4.67. The van der Waals surface area contributed by atoms with E-state index < -0.39 is 10.0 Å². The lowest BCUT2D eigenvalue weighted by atomic mass is 9.90. The van der Waals surface area contributed by atoms with E-state index in [2.05, 4.69) is 6.92 Å². The Hall–Kier alpha value is -0.130. The Kier molecular flexibility index (Phi) is 3.32. The van der Waals surface area contributed by atoms with Crippen molar-refractivity contribution < 1.29 is 8.42 Å². The van der Waals surface area contributed by atoms with Gasteiger partial charge in [0.15, 0.2) is 0 Å². The number of rotatable bonds is 4. The van der Waals surface area contributed by atoms with E-state index in [1.807, 2.05) is 0 Å². The molecule has 0 saturated carbocycles. The largest absolute Gasteiger partial charge is 0.330 e. The van der Waals surface area contributed by atoms with Crippen LogP contribution in [0.2, 0.25) is 0 Å². The monoisotopic (exact) mass is 206 g/mol. The topological polar surface area (TPSA) is 63.4 Å². The number of hydrogen-bond donors (Lipinski definition) is 1. The molecule has 0 aromatic carbocycles. The Bertz CT molecular complexity index is 259. The predicted molar refractivity (Wildman–Crippen MR) is 52.8 cm³/mol. The van der Waals surface area contributed by atoms with Gasteiger partial charge in [-0.1, -0.05) is 13.3 Å². The van der Waals surface area contributed by atoms with Crippen molar-refractivity contribution in [3.8, 4) is 0 Å². The quantitative estimate of drug-likeness (QED) is 0.704. The van der Waals surface area contributed by atoms with Crippen LogP contribution >= 0.6 is 0 Å². The van der Waals surface area contributed by atoms with Gasteiger partial charge >= 0.3 is 0 Å². The molecule has 0 spiro atoms. The lowest BCUT2D eigenvalue weighted by Crippen LogP contribution is -2.55. The molecule has 2 unspecified atom stereocenters. The molecule has 1 heterocycles. The van der Waals surface area contributed by atoms with Crippen LogP contribution in [0.1, 0.15) is 19.8 Å². The van der Waals surface area contributed by atoms with Crippen molar-refractivity contribution in [2.75, 3.05) is 19.3 Å². The Morgan fingerprint density at radius 1 is 1.62 bits per heavy atom. The predicted octanol–water partition coefficient (Wildman–Crippen LogP) is 0.00520. The van der Waals surface area contributed by atoms with Gasteiger partial charge in [0.1, 0.15) is 0 Å². The van der Waals surface area contributed by atoms with Crippen LogP contribution in [0.4, 0.5) is 0 Å². The van der Waals surface area contributed by atoms with Crippen molar-refractivity contribution in [1.82, 2.24) is 4.31 Å². The van der Waals surface area contributed by atoms with Crippen LogP contribution in [0, 0.1) is 5.92 Å². The number of nitrogens with two attached hydrogens (primary N) is 1. The van der Waals surface area contributed by atoms with E-state index in [-0.39, 0.29) is 6.04 Å². The molecule has 0 bridgehead atoms. The molecule has 0 aromatic rings. The second kappa shape index (κ2) is 3.94. The summed E-state index contributed by atoms with van der Waals surface area (Å²) in [6.45, 7) is 3.30. The van der Waals surface area contributed by atoms with Crippen molar-refractivity contribution in [3.63, 3.8) is 0 Å². The molecule has 13 heavy (non-hydrogen) atoms. The summed E-state index contributed by atoms with van der Waals surface area (Å²) in [5.41, 5.74) is 5.58. The van der Waals surface area contributed by atoms with E-state index in [1.165, 1.54) is 6.26 Å². The second-order valence-corrected chi connectivity index (χ2v) is 5.57. The first kappa shape index (κ1) is 10.9. The molecule has 2 atom stereocenters. The molecule has 1 rings (SSSR count). The molecular weight excluding hydrogens is 188 g/mol. The Balaban J connectivity index is 2.64. The molecule has 1 aliphatic rings. The molecule has 1 saturated heterocycles. The van der Waals surface area contributed by atoms with Gasteiger partial charge in [0.2, 0.25) is 10.0 Å². The van der Waals surface area contributed by atoms with Gasteiger partial charge in [0, 0.05) is 12.6 Å². The summed E-state index contributed by atoms with van der Waals surface area (Å²) < 4.78 is 24.1. The highest BCUT2D eigenvalue weighted by Gasteiger charge is 2.38. The number of nitrogens with zero attached hydrogens (tertiary/aromatic N) is 1. The van der Waals surface area contributed by atoms with E-state index in [0.29, 0.717) is 19.0 Å². The summed E-state index contributed by atoms with van der Waals surface area (Å²) in [7, 11) is -3.00. The Labute approximate surface area is 80.1 Å². The van der Waals surface area contributed by atoms with Crippen LogP contribution in [-0.2, 0) is 10.0 Å². The van der Waals surface area contributed by atoms with E-state index in [9.17, 15) is 8.42 Å². The molecule has 1 aliphatic heterocycles. The van der Waals surface area contributed by atoms with Crippen LogP contribution in [-0.4, -0.2) is 38.1 Å². The van der Waals surface area contributed by atoms with Crippen LogP contribution < -0.4 is 5.73 Å². The normalized spacial score (nSPS) is 26.8. The van der Waals surface area contributed by atoms with Crippen LogP contribution in [0.25, 0.3) is 0 Å². The zero-order valence-electron chi connectivity index (χ0n) is 8.23. The average molecular weight is 206 g/mol. The minimum absolute atomic E-state index is 0.157. The van der Waals surface area contributed by atoms with Crippen molar-refractivity contribution in [2.24, 2.45) is 11.7 Å². The highest BCUT2D eigenvalue weighted by molar-refractivity contribution is 7.88. The maximum absolute atomic E-state index is 11.2. The van der Waals surface area contributed by atoms with Gasteiger partial charge in [-0.05, 0) is 18.9 Å². The lowest BCUT2D eigenvalue weighted by Gasteiger charge is -2.43. The molecule has 0 aromatic heterocycles. The van der Waals surface area contributed by atoms with E-state index in [4.69, 9.17) is 5.73 Å². The summed E-state index contributed by atoms with van der Waals surface area (Å²) in [5, 5.41) is 0. The Morgan fingerprint density at radius 3 is 2.46 bits per heavy atom. The lowest BCUT2D eigenvalue weighted by molar-refractivity contribution is 0.135. The summed E-state index contributed by atoms with van der Waals surface area (Å²) in [6, 6.07) is 0.157. The third-order valence-corrected chi connectivity index (χ3v) is 4.12. The van der Waals surface area contributed by atoms with E-state index in [1.54, 1.807) is 4.31 Å². The van der Waals surface area contributed by atoms with Crippen molar-refractivity contribution in [2.45, 2.75) is 25.8 Å². The minimum atomic E-state index is -3.00. The fraction of sp³-hybridized carbons (Fsp3) is 1.00. The second-order valence-electron chi connectivity index (χ2n) is 3.63. The summed E-state index contributed by atoms with van der Waals surface area (Å²) >= 11 is 0. The number of sulfonamides is 1. The van der Waals surface area contributed by atoms with Crippen LogP contribution in [0.5, 0.6) is 0 Å². The first-order valence-corrected chi connectivity index (χ1v) is 6.52. The SMILES string of the molecule is CCC(CN)C1CCN1S(C)(=O)=O. The molecule has 4 nitrogen and oxygen atoms in total. The zero-order valence-corrected chi connectivity index (χ0v) is 9.05. The third-order valence-electron chi connectivity index (χ3n) is 2.81. The maximum Gasteiger partial charge on any atom is 0.211 e. The van der Waals surface area contributed by atoms with Gasteiger partial charge in [-0.2, -0.15) is 4.31 Å². The molecule has 0 radical (unpaired) electrons. The fourth-order valence-electron chi connectivity index (χ4n) is 1.86. The molecular formula is C8H18N2O2S. The highest BCUT2D eigenvalue weighted by Crippen LogP contribution is 2.28. The first-order chi connectivity index (χ1) is 6.00. The van der Waals surface area contributed by atoms with Crippen LogP contribution in [0.15, 0.2) is 0 Å². The third kappa shape index (κ3) is 2.21. The summed E-state index contributed by atoms with van der Waals surface area (Å²) in [5.74, 6) is 0.323. The average Bonchev–Trinajstić information content (AvgIpc) is 1.93. The van der Waals surface area contributed by atoms with Gasteiger partial charge < -0.3 is 5.73 Å². The van der Waals surface area contributed by atoms with Gasteiger partial charge in [-0.25, -0.2) is 8.42 Å². The zero-order chi connectivity index (χ0) is 10.1. The van der Waals surface area contributed by atoms with Crippen LogP contribution in [0.3, 0.4) is 0 Å². The van der Waals surface area contributed by atoms with E-state index in [0.717, 1.165) is 12.8 Å². The smallest absolute Gasteiger partial charge is 0.211 e. The van der Waals surface area contributed by atoms with Crippen molar-refractivity contribution in [1.29, 1.82) is 0 Å². The molecule has 2 N–H and O–H groups in total. The van der Waals surface area contributed by atoms with Gasteiger partial charge in [-0.3, -0.25) is 0 Å².